The molecule has 0 spiro atoms. The van der Waals surface area contributed by atoms with E-state index < -0.39 is 0 Å². The van der Waals surface area contributed by atoms with E-state index in [2.05, 4.69) is 23.0 Å². The van der Waals surface area contributed by atoms with Crippen molar-refractivity contribution in [3.8, 4) is 11.8 Å². The van der Waals surface area contributed by atoms with Crippen molar-refractivity contribution in [1.82, 2.24) is 4.57 Å². The maximum atomic E-state index is 12.2. The quantitative estimate of drug-likeness (QED) is 0.505. The van der Waals surface area contributed by atoms with Gasteiger partial charge in [0.15, 0.2) is 5.78 Å². The molecule has 0 unspecified atom stereocenters. The van der Waals surface area contributed by atoms with Gasteiger partial charge in [-0.15, -0.1) is 0 Å². The number of ketones is 1. The minimum atomic E-state index is 0.185. The van der Waals surface area contributed by atoms with Crippen LogP contribution in [-0.4, -0.2) is 22.4 Å². The number of aryl methyl sites for hydroxylation is 1. The second-order valence-electron chi connectivity index (χ2n) is 5.86. The maximum Gasteiger partial charge on any atom is 0.164 e. The van der Waals surface area contributed by atoms with Gasteiger partial charge in [-0.25, -0.2) is 0 Å². The predicted octanol–water partition coefficient (Wildman–Crippen LogP) is 4.94. The fourth-order valence-corrected chi connectivity index (χ4v) is 3.42. The van der Waals surface area contributed by atoms with Crippen molar-refractivity contribution in [2.24, 2.45) is 0 Å². The lowest BCUT2D eigenvalue weighted by Gasteiger charge is -2.12. The van der Waals surface area contributed by atoms with E-state index >= 15 is 0 Å². The second-order valence-corrected chi connectivity index (χ2v) is 6.84. The lowest BCUT2D eigenvalue weighted by Crippen LogP contribution is -2.04. The third kappa shape index (κ3) is 4.10. The van der Waals surface area contributed by atoms with Crippen molar-refractivity contribution in [2.75, 3.05) is 12.0 Å². The van der Waals surface area contributed by atoms with E-state index in [1.807, 2.05) is 49.9 Å². The Hall–Kier alpha value is -1.99. The van der Waals surface area contributed by atoms with Crippen LogP contribution in [0.5, 0.6) is 0 Å². The van der Waals surface area contributed by atoms with Gasteiger partial charge in [0.25, 0.3) is 0 Å². The van der Waals surface area contributed by atoms with Crippen LogP contribution in [0, 0.1) is 18.3 Å². The smallest absolute Gasteiger partial charge is 0.164 e. The number of hydrogen-bond acceptors (Lipinski definition) is 3. The second kappa shape index (κ2) is 8.75. The van der Waals surface area contributed by atoms with Crippen LogP contribution < -0.4 is 0 Å². The number of benzene rings is 1. The molecule has 0 atom stereocenters. The average Bonchev–Trinajstić information content (AvgIpc) is 2.94. The number of hydrogen-bond donors (Lipinski definition) is 0. The zero-order chi connectivity index (χ0) is 17.5. The molecule has 4 heteroatoms. The minimum absolute atomic E-state index is 0.185. The number of rotatable bonds is 8. The van der Waals surface area contributed by atoms with Gasteiger partial charge in [-0.2, -0.15) is 17.0 Å². The molecule has 1 aromatic carbocycles. The lowest BCUT2D eigenvalue weighted by atomic mass is 10.1. The summed E-state index contributed by atoms with van der Waals surface area (Å²) in [7, 11) is 0. The van der Waals surface area contributed by atoms with E-state index in [9.17, 15) is 4.79 Å². The van der Waals surface area contributed by atoms with Crippen LogP contribution in [0.15, 0.2) is 30.3 Å². The monoisotopic (exact) mass is 340 g/mol. The van der Waals surface area contributed by atoms with E-state index in [0.29, 0.717) is 12.0 Å². The summed E-state index contributed by atoms with van der Waals surface area (Å²) in [6.07, 6.45) is 5.89. The number of unbranched alkanes of at least 4 members (excludes halogenated alkanes) is 1. The molecular weight excluding hydrogens is 316 g/mol. The summed E-state index contributed by atoms with van der Waals surface area (Å²) in [4.78, 5) is 12.2. The summed E-state index contributed by atoms with van der Waals surface area (Å²) >= 11 is 1.87. The van der Waals surface area contributed by atoms with Crippen molar-refractivity contribution in [3.05, 3.63) is 52.8 Å². The first-order valence-corrected chi connectivity index (χ1v) is 9.75. The fourth-order valence-electron chi connectivity index (χ4n) is 2.93. The number of aromatic nitrogens is 1. The molecule has 0 aliphatic heterocycles. The molecule has 24 heavy (non-hydrogen) atoms. The molecule has 2 aromatic rings. The van der Waals surface area contributed by atoms with Crippen LogP contribution >= 0.6 is 11.8 Å². The van der Waals surface area contributed by atoms with Gasteiger partial charge in [-0.1, -0.05) is 6.92 Å². The van der Waals surface area contributed by atoms with Crippen LogP contribution in [0.25, 0.3) is 5.69 Å². The van der Waals surface area contributed by atoms with Crippen LogP contribution in [-0.2, 0) is 6.42 Å². The molecule has 0 aliphatic carbocycles. The molecule has 1 aromatic heterocycles. The summed E-state index contributed by atoms with van der Waals surface area (Å²) in [5, 5.41) is 8.98. The van der Waals surface area contributed by atoms with Gasteiger partial charge in [0.1, 0.15) is 0 Å². The van der Waals surface area contributed by atoms with E-state index in [1.165, 1.54) is 12.1 Å². The maximum absolute atomic E-state index is 12.2. The zero-order valence-corrected chi connectivity index (χ0v) is 15.4. The number of nitrogens with zero attached hydrogens (tertiary/aromatic N) is 2. The molecule has 0 amide bonds. The van der Waals surface area contributed by atoms with Crippen molar-refractivity contribution in [1.29, 1.82) is 5.26 Å². The fraction of sp³-hybridized carbons (Fsp3) is 0.400. The number of thioether (sulfide) groups is 1. The van der Waals surface area contributed by atoms with Crippen LogP contribution in [0.4, 0.5) is 0 Å². The van der Waals surface area contributed by atoms with E-state index in [4.69, 9.17) is 5.26 Å². The summed E-state index contributed by atoms with van der Waals surface area (Å²) in [5.74, 6) is 1.35. The average molecular weight is 340 g/mol. The van der Waals surface area contributed by atoms with E-state index in [0.717, 1.165) is 35.5 Å². The van der Waals surface area contributed by atoms with Gasteiger partial charge >= 0.3 is 0 Å². The Bertz CT molecular complexity index is 738. The summed E-state index contributed by atoms with van der Waals surface area (Å²) in [6, 6.07) is 11.8. The molecule has 0 aliphatic rings. The third-order valence-electron chi connectivity index (χ3n) is 4.23. The molecule has 126 valence electrons. The van der Waals surface area contributed by atoms with Gasteiger partial charge in [0, 0.05) is 29.1 Å². The highest BCUT2D eigenvalue weighted by molar-refractivity contribution is 7.98. The van der Waals surface area contributed by atoms with Gasteiger partial charge < -0.3 is 4.57 Å². The third-order valence-corrected chi connectivity index (χ3v) is 4.93. The van der Waals surface area contributed by atoms with Crippen molar-refractivity contribution in [2.45, 2.75) is 39.5 Å². The molecule has 0 saturated carbocycles. The Kier molecular flexibility index (Phi) is 6.69. The van der Waals surface area contributed by atoms with Crippen LogP contribution in [0.1, 0.15) is 53.5 Å². The Morgan fingerprint density at radius 1 is 1.25 bits per heavy atom. The summed E-state index contributed by atoms with van der Waals surface area (Å²) < 4.78 is 2.17. The summed E-state index contributed by atoms with van der Waals surface area (Å²) in [5.41, 5.74) is 4.65. The highest BCUT2D eigenvalue weighted by Crippen LogP contribution is 2.24. The van der Waals surface area contributed by atoms with E-state index in [1.54, 1.807) is 0 Å². The number of carbonyl (C=O) groups is 1. The molecule has 0 saturated heterocycles. The SMILES string of the molecule is CCC(=O)c1cc(CCCCSC)n(-c2ccc(C#N)cc2)c1C. The van der Waals surface area contributed by atoms with E-state index in [-0.39, 0.29) is 5.78 Å². The normalized spacial score (nSPS) is 10.6. The van der Waals surface area contributed by atoms with Gasteiger partial charge in [0.05, 0.1) is 11.6 Å². The lowest BCUT2D eigenvalue weighted by molar-refractivity contribution is 0.0987. The topological polar surface area (TPSA) is 45.8 Å². The zero-order valence-electron chi connectivity index (χ0n) is 14.6. The Labute approximate surface area is 148 Å². The van der Waals surface area contributed by atoms with Gasteiger partial charge in [-0.3, -0.25) is 4.79 Å². The van der Waals surface area contributed by atoms with Crippen LogP contribution in [0.2, 0.25) is 0 Å². The predicted molar refractivity (Wildman–Crippen MR) is 101 cm³/mol. The molecule has 0 bridgehead atoms. The minimum Gasteiger partial charge on any atom is -0.317 e. The molecule has 0 radical (unpaired) electrons. The first-order valence-electron chi connectivity index (χ1n) is 8.36. The van der Waals surface area contributed by atoms with Crippen molar-refractivity contribution in [3.63, 3.8) is 0 Å². The Morgan fingerprint density at radius 2 is 1.96 bits per heavy atom. The molecule has 1 heterocycles. The standard InChI is InChI=1S/C20H24N2OS/c1-4-20(23)19-13-18(7-5-6-12-24-3)22(15(19)2)17-10-8-16(14-21)9-11-17/h8-11,13H,4-7,12H2,1-3H3. The number of Topliss-reactive ketones (excluding diaryl/α,β-unsaturated/α-hetero) is 1. The van der Waals surface area contributed by atoms with Gasteiger partial charge in [-0.05, 0) is 68.5 Å². The Morgan fingerprint density at radius 3 is 2.54 bits per heavy atom. The molecule has 3 nitrogen and oxygen atoms in total. The number of carbonyl (C=O) groups excluding carboxylic acids is 1. The highest BCUT2D eigenvalue weighted by atomic mass is 32.2. The molecule has 0 N–H and O–H groups in total. The molecular formula is C20H24N2OS. The summed E-state index contributed by atoms with van der Waals surface area (Å²) in [6.45, 7) is 3.91. The first kappa shape index (κ1) is 18.4. The number of nitriles is 1. The largest absolute Gasteiger partial charge is 0.317 e. The van der Waals surface area contributed by atoms with Crippen molar-refractivity contribution < 1.29 is 4.79 Å². The first-order chi connectivity index (χ1) is 11.6. The Balaban J connectivity index is 2.39. The highest BCUT2D eigenvalue weighted by Gasteiger charge is 2.17. The van der Waals surface area contributed by atoms with Crippen LogP contribution in [0.3, 0.4) is 0 Å². The van der Waals surface area contributed by atoms with Gasteiger partial charge in [0.2, 0.25) is 0 Å². The molecule has 0 fully saturated rings. The van der Waals surface area contributed by atoms with Crippen molar-refractivity contribution >= 4 is 17.5 Å². The molecule has 2 rings (SSSR count).